The summed E-state index contributed by atoms with van der Waals surface area (Å²) >= 11 is 0. The number of amides is 1. The van der Waals surface area contributed by atoms with Gasteiger partial charge < -0.3 is 15.7 Å². The molecule has 2 aromatic rings. The third-order valence-electron chi connectivity index (χ3n) is 5.79. The number of benzene rings is 2. The van der Waals surface area contributed by atoms with Gasteiger partial charge in [-0.25, -0.2) is 10.4 Å². The molecule has 7 nitrogen and oxygen atoms in total. The van der Waals surface area contributed by atoms with Gasteiger partial charge in [0.1, 0.15) is 11.6 Å². The van der Waals surface area contributed by atoms with E-state index in [1.54, 1.807) is 5.01 Å². The van der Waals surface area contributed by atoms with Crippen LogP contribution in [0.3, 0.4) is 0 Å². The number of carbonyl (C=O) groups excluding carboxylic acids is 1. The second-order valence-electron chi connectivity index (χ2n) is 8.10. The Labute approximate surface area is 177 Å². The van der Waals surface area contributed by atoms with E-state index in [1.165, 1.54) is 0 Å². The Balaban J connectivity index is 1.81. The lowest BCUT2D eigenvalue weighted by atomic mass is 9.88. The van der Waals surface area contributed by atoms with Gasteiger partial charge >= 0.3 is 5.97 Å². The first-order valence-corrected chi connectivity index (χ1v) is 10.2. The number of carboxylic acid groups (broad SMARTS) is 1. The van der Waals surface area contributed by atoms with Crippen molar-refractivity contribution >= 4 is 17.6 Å². The van der Waals surface area contributed by atoms with Crippen LogP contribution in [0.25, 0.3) is 0 Å². The summed E-state index contributed by atoms with van der Waals surface area (Å²) in [6.07, 6.45) is 2.10. The van der Waals surface area contributed by atoms with E-state index < -0.39 is 23.5 Å². The molecule has 0 aliphatic carbocycles. The van der Waals surface area contributed by atoms with Crippen molar-refractivity contribution in [2.24, 2.45) is 5.73 Å². The zero-order chi connectivity index (χ0) is 21.7. The van der Waals surface area contributed by atoms with Crippen molar-refractivity contribution in [3.8, 4) is 0 Å². The number of rotatable bonds is 9. The first-order chi connectivity index (χ1) is 14.3. The van der Waals surface area contributed by atoms with Crippen LogP contribution in [0.15, 0.2) is 54.6 Å². The Bertz CT molecular complexity index is 870. The summed E-state index contributed by atoms with van der Waals surface area (Å²) in [6, 6.07) is 16.6. The van der Waals surface area contributed by atoms with Crippen molar-refractivity contribution in [2.75, 3.05) is 25.5 Å². The maximum Gasteiger partial charge on any atom is 0.322 e. The second kappa shape index (κ2) is 9.28. The van der Waals surface area contributed by atoms with Gasteiger partial charge in [0, 0.05) is 32.7 Å². The number of primary amides is 1. The third kappa shape index (κ3) is 4.80. The maximum atomic E-state index is 12.6. The largest absolute Gasteiger partial charge is 0.480 e. The molecule has 0 aromatic heterocycles. The van der Waals surface area contributed by atoms with E-state index in [9.17, 15) is 14.7 Å². The van der Waals surface area contributed by atoms with Crippen LogP contribution in [0.4, 0.5) is 5.69 Å². The molecule has 1 aliphatic heterocycles. The van der Waals surface area contributed by atoms with E-state index in [4.69, 9.17) is 5.73 Å². The summed E-state index contributed by atoms with van der Waals surface area (Å²) in [5.74, 6) is -1.40. The van der Waals surface area contributed by atoms with E-state index in [0.29, 0.717) is 25.8 Å². The van der Waals surface area contributed by atoms with Crippen LogP contribution in [0.1, 0.15) is 24.0 Å². The van der Waals surface area contributed by atoms with Crippen molar-refractivity contribution in [2.45, 2.75) is 37.3 Å². The van der Waals surface area contributed by atoms with Gasteiger partial charge in [0.2, 0.25) is 5.91 Å². The topological polar surface area (TPSA) is 98.9 Å². The highest BCUT2D eigenvalue weighted by Gasteiger charge is 2.47. The first kappa shape index (κ1) is 21.8. The molecule has 160 valence electrons. The van der Waals surface area contributed by atoms with E-state index in [1.807, 2.05) is 73.6 Å². The van der Waals surface area contributed by atoms with Crippen LogP contribution in [0.2, 0.25) is 0 Å². The fourth-order valence-electron chi connectivity index (χ4n) is 4.07. The molecule has 1 heterocycles. The van der Waals surface area contributed by atoms with Crippen LogP contribution in [-0.2, 0) is 22.4 Å². The summed E-state index contributed by atoms with van der Waals surface area (Å²) in [7, 11) is 3.95. The van der Waals surface area contributed by atoms with Crippen molar-refractivity contribution in [1.82, 2.24) is 10.4 Å². The first-order valence-electron chi connectivity index (χ1n) is 10.2. The molecule has 3 rings (SSSR count). The molecule has 7 heteroatoms. The fourth-order valence-corrected chi connectivity index (χ4v) is 4.07. The third-order valence-corrected chi connectivity index (χ3v) is 5.79. The highest BCUT2D eigenvalue weighted by molar-refractivity contribution is 5.85. The summed E-state index contributed by atoms with van der Waals surface area (Å²) in [6.45, 7) is 0.567. The van der Waals surface area contributed by atoms with Gasteiger partial charge in [-0.15, -0.1) is 0 Å². The van der Waals surface area contributed by atoms with Crippen LogP contribution < -0.4 is 16.1 Å². The molecule has 4 N–H and O–H groups in total. The molecule has 0 spiro atoms. The van der Waals surface area contributed by atoms with Gasteiger partial charge in [0.15, 0.2) is 0 Å². The Hall–Kier alpha value is -2.90. The minimum absolute atomic E-state index is 0.318. The van der Waals surface area contributed by atoms with E-state index in [2.05, 4.69) is 5.43 Å². The highest BCUT2D eigenvalue weighted by atomic mass is 16.4. The molecule has 2 atom stereocenters. The Morgan fingerprint density at radius 3 is 2.37 bits per heavy atom. The van der Waals surface area contributed by atoms with Gasteiger partial charge in [-0.3, -0.25) is 9.59 Å². The number of anilines is 1. The standard InChI is InChI=1S/C23H30N4O3/c1-26(2)19-11-9-18(10-12-19)16-23(22(24)30)13-6-14-27(23)25-20(21(28)29)15-17-7-4-3-5-8-17/h3-5,7-12,20,25H,6,13-16H2,1-2H3,(H2,24,30)(H,28,29)/t20-,23-/m1/s1. The monoisotopic (exact) mass is 410 g/mol. The van der Waals surface area contributed by atoms with Gasteiger partial charge in [-0.2, -0.15) is 0 Å². The molecule has 0 bridgehead atoms. The lowest BCUT2D eigenvalue weighted by Crippen LogP contribution is -2.63. The van der Waals surface area contributed by atoms with Crippen LogP contribution in [0.5, 0.6) is 0 Å². The normalized spacial score (nSPS) is 20.1. The molecular weight excluding hydrogens is 380 g/mol. The molecule has 1 aliphatic rings. The number of nitrogens with two attached hydrogens (primary N) is 1. The van der Waals surface area contributed by atoms with Gasteiger partial charge in [-0.1, -0.05) is 42.5 Å². The second-order valence-corrected chi connectivity index (χ2v) is 8.10. The number of nitrogens with zero attached hydrogens (tertiary/aromatic N) is 2. The molecule has 30 heavy (non-hydrogen) atoms. The Morgan fingerprint density at radius 2 is 1.80 bits per heavy atom. The number of nitrogens with one attached hydrogen (secondary N) is 1. The SMILES string of the molecule is CN(C)c1ccc(C[C@@]2(C(N)=O)CCCN2N[C@H](Cc2ccccc2)C(=O)O)cc1. The molecule has 0 saturated carbocycles. The van der Waals surface area contributed by atoms with E-state index in [0.717, 1.165) is 23.2 Å². The highest BCUT2D eigenvalue weighted by Crippen LogP contribution is 2.32. The number of hydrogen-bond acceptors (Lipinski definition) is 5. The summed E-state index contributed by atoms with van der Waals surface area (Å²) < 4.78 is 0. The number of carboxylic acids is 1. The fraction of sp³-hybridized carbons (Fsp3) is 0.391. The Kier molecular flexibility index (Phi) is 6.74. The van der Waals surface area contributed by atoms with Gasteiger partial charge in [-0.05, 0) is 42.5 Å². The molecule has 1 amide bonds. The molecule has 2 aromatic carbocycles. The number of aliphatic carboxylic acids is 1. The number of carbonyl (C=O) groups is 2. The molecule has 0 unspecified atom stereocenters. The van der Waals surface area contributed by atoms with Crippen molar-refractivity contribution in [3.63, 3.8) is 0 Å². The predicted molar refractivity (Wildman–Crippen MR) is 117 cm³/mol. The molecule has 1 saturated heterocycles. The summed E-state index contributed by atoms with van der Waals surface area (Å²) in [4.78, 5) is 26.5. The molecule has 1 fully saturated rings. The zero-order valence-corrected chi connectivity index (χ0v) is 17.5. The lowest BCUT2D eigenvalue weighted by Gasteiger charge is -2.38. The lowest BCUT2D eigenvalue weighted by molar-refractivity contribution is -0.144. The quantitative estimate of drug-likeness (QED) is 0.583. The smallest absolute Gasteiger partial charge is 0.322 e. The number of hydrazine groups is 1. The minimum atomic E-state index is -0.959. The van der Waals surface area contributed by atoms with E-state index in [-0.39, 0.29) is 0 Å². The maximum absolute atomic E-state index is 12.6. The van der Waals surface area contributed by atoms with Crippen molar-refractivity contribution < 1.29 is 14.7 Å². The van der Waals surface area contributed by atoms with Crippen molar-refractivity contribution in [1.29, 1.82) is 0 Å². The van der Waals surface area contributed by atoms with E-state index >= 15 is 0 Å². The van der Waals surface area contributed by atoms with Crippen LogP contribution in [0, 0.1) is 0 Å². The summed E-state index contributed by atoms with van der Waals surface area (Å²) in [5, 5.41) is 11.5. The van der Waals surface area contributed by atoms with Crippen LogP contribution in [-0.4, -0.2) is 54.2 Å². The average molecular weight is 411 g/mol. The van der Waals surface area contributed by atoms with Crippen molar-refractivity contribution in [3.05, 3.63) is 65.7 Å². The van der Waals surface area contributed by atoms with Gasteiger partial charge in [0.05, 0.1) is 0 Å². The average Bonchev–Trinajstić information content (AvgIpc) is 3.12. The zero-order valence-electron chi connectivity index (χ0n) is 17.5. The summed E-state index contributed by atoms with van der Waals surface area (Å²) in [5.41, 5.74) is 11.0. The number of hydrogen-bond donors (Lipinski definition) is 3. The molecule has 0 radical (unpaired) electrons. The van der Waals surface area contributed by atoms with Gasteiger partial charge in [0.25, 0.3) is 0 Å². The predicted octanol–water partition coefficient (Wildman–Crippen LogP) is 1.82. The minimum Gasteiger partial charge on any atom is -0.480 e. The Morgan fingerprint density at radius 1 is 1.13 bits per heavy atom. The van der Waals surface area contributed by atoms with Crippen LogP contribution >= 0.6 is 0 Å². The molecular formula is C23H30N4O3.